The zero-order valence-corrected chi connectivity index (χ0v) is 7.82. The molecule has 0 bridgehead atoms. The molecule has 0 aliphatic carbocycles. The monoisotopic (exact) mass is 182 g/mol. The Morgan fingerprint density at radius 3 is 2.77 bits per heavy atom. The highest BCUT2D eigenvalue weighted by atomic mass is 16.1. The first-order valence-electron chi connectivity index (χ1n) is 4.04. The summed E-state index contributed by atoms with van der Waals surface area (Å²) in [5, 5.41) is 4.12. The molecule has 5 nitrogen and oxygen atoms in total. The topological polar surface area (TPSA) is 86.9 Å². The van der Waals surface area contributed by atoms with E-state index in [-0.39, 0.29) is 12.5 Å². The summed E-state index contributed by atoms with van der Waals surface area (Å²) in [7, 11) is 1.81. The second-order valence-electron chi connectivity index (χ2n) is 3.12. The molecule has 13 heavy (non-hydrogen) atoms. The zero-order valence-electron chi connectivity index (χ0n) is 7.82. The van der Waals surface area contributed by atoms with Gasteiger partial charge in [0.15, 0.2) is 0 Å². The number of amides is 1. The molecule has 1 heterocycles. The van der Waals surface area contributed by atoms with Gasteiger partial charge in [-0.05, 0) is 6.92 Å². The van der Waals surface area contributed by atoms with Crippen LogP contribution in [0.15, 0.2) is 6.20 Å². The van der Waals surface area contributed by atoms with Crippen LogP contribution in [0.5, 0.6) is 0 Å². The molecule has 72 valence electrons. The summed E-state index contributed by atoms with van der Waals surface area (Å²) in [5.74, 6) is -0.393. The molecule has 1 aromatic heterocycles. The Morgan fingerprint density at radius 1 is 1.77 bits per heavy atom. The van der Waals surface area contributed by atoms with Gasteiger partial charge in [0, 0.05) is 31.3 Å². The second kappa shape index (κ2) is 3.57. The van der Waals surface area contributed by atoms with Gasteiger partial charge < -0.3 is 11.5 Å². The maximum absolute atomic E-state index is 10.6. The van der Waals surface area contributed by atoms with Gasteiger partial charge in [-0.25, -0.2) is 0 Å². The Bertz CT molecular complexity index is 318. The van der Waals surface area contributed by atoms with Gasteiger partial charge in [0.2, 0.25) is 5.91 Å². The van der Waals surface area contributed by atoms with Crippen LogP contribution in [-0.4, -0.2) is 15.7 Å². The molecule has 0 aliphatic heterocycles. The normalized spacial score (nSPS) is 12.8. The zero-order chi connectivity index (χ0) is 10.0. The number of aromatic nitrogens is 2. The molecule has 1 unspecified atom stereocenters. The minimum atomic E-state index is -0.393. The van der Waals surface area contributed by atoms with Gasteiger partial charge in [0.1, 0.15) is 0 Å². The third-order valence-electron chi connectivity index (χ3n) is 1.87. The lowest BCUT2D eigenvalue weighted by Crippen LogP contribution is -2.20. The van der Waals surface area contributed by atoms with Crippen molar-refractivity contribution < 1.29 is 4.79 Å². The van der Waals surface area contributed by atoms with Crippen molar-refractivity contribution in [3.8, 4) is 0 Å². The van der Waals surface area contributed by atoms with Crippen molar-refractivity contribution in [3.05, 3.63) is 17.5 Å². The highest BCUT2D eigenvalue weighted by Gasteiger charge is 2.13. The summed E-state index contributed by atoms with van der Waals surface area (Å²) in [5.41, 5.74) is 12.5. The fourth-order valence-corrected chi connectivity index (χ4v) is 1.31. The number of nitrogens with two attached hydrogens (primary N) is 2. The van der Waals surface area contributed by atoms with Gasteiger partial charge in [-0.15, -0.1) is 0 Å². The predicted octanol–water partition coefficient (Wildman–Crippen LogP) is -0.396. The fourth-order valence-electron chi connectivity index (χ4n) is 1.31. The van der Waals surface area contributed by atoms with E-state index in [0.29, 0.717) is 0 Å². The number of hydrogen-bond acceptors (Lipinski definition) is 3. The highest BCUT2D eigenvalue weighted by molar-refractivity contribution is 5.74. The van der Waals surface area contributed by atoms with Crippen molar-refractivity contribution in [2.75, 3.05) is 0 Å². The smallest absolute Gasteiger partial charge is 0.219 e. The molecular weight excluding hydrogens is 168 g/mol. The van der Waals surface area contributed by atoms with Crippen LogP contribution < -0.4 is 11.5 Å². The van der Waals surface area contributed by atoms with Crippen LogP contribution in [0, 0.1) is 6.92 Å². The molecule has 4 N–H and O–H groups in total. The van der Waals surface area contributed by atoms with Crippen LogP contribution in [0.4, 0.5) is 0 Å². The molecular formula is C8H14N4O. The number of primary amides is 1. The van der Waals surface area contributed by atoms with Crippen molar-refractivity contribution in [1.82, 2.24) is 9.78 Å². The molecule has 1 rings (SSSR count). The molecule has 5 heteroatoms. The average molecular weight is 182 g/mol. The first-order chi connectivity index (χ1) is 6.00. The van der Waals surface area contributed by atoms with E-state index < -0.39 is 5.91 Å². The molecule has 0 aromatic carbocycles. The van der Waals surface area contributed by atoms with Crippen LogP contribution in [0.25, 0.3) is 0 Å². The molecule has 0 radical (unpaired) electrons. The maximum Gasteiger partial charge on any atom is 0.219 e. The van der Waals surface area contributed by atoms with Crippen LogP contribution >= 0.6 is 0 Å². The number of hydrogen-bond donors (Lipinski definition) is 2. The van der Waals surface area contributed by atoms with E-state index in [1.165, 1.54) is 0 Å². The van der Waals surface area contributed by atoms with Crippen LogP contribution in [0.3, 0.4) is 0 Å². The Hall–Kier alpha value is -1.36. The number of carbonyl (C=O) groups is 1. The molecule has 0 spiro atoms. The third-order valence-corrected chi connectivity index (χ3v) is 1.87. The predicted molar refractivity (Wildman–Crippen MR) is 48.7 cm³/mol. The van der Waals surface area contributed by atoms with E-state index in [1.807, 2.05) is 20.2 Å². The van der Waals surface area contributed by atoms with E-state index >= 15 is 0 Å². The lowest BCUT2D eigenvalue weighted by molar-refractivity contribution is -0.118. The minimum absolute atomic E-state index is 0.159. The molecule has 0 fully saturated rings. The standard InChI is InChI=1S/C8H14N4O/c1-5-6(4-12(2)11-5)7(9)3-8(10)13/h4,7H,3,9H2,1-2H3,(H2,10,13). The van der Waals surface area contributed by atoms with Gasteiger partial charge in [0.25, 0.3) is 0 Å². The lowest BCUT2D eigenvalue weighted by atomic mass is 10.1. The summed E-state index contributed by atoms with van der Waals surface area (Å²) >= 11 is 0. The molecule has 1 atom stereocenters. The van der Waals surface area contributed by atoms with E-state index in [1.54, 1.807) is 4.68 Å². The second-order valence-corrected chi connectivity index (χ2v) is 3.12. The van der Waals surface area contributed by atoms with Crippen LogP contribution in [0.1, 0.15) is 23.7 Å². The highest BCUT2D eigenvalue weighted by Crippen LogP contribution is 2.16. The van der Waals surface area contributed by atoms with Gasteiger partial charge in [-0.2, -0.15) is 5.10 Å². The maximum atomic E-state index is 10.6. The van der Waals surface area contributed by atoms with Crippen LogP contribution in [0.2, 0.25) is 0 Å². The van der Waals surface area contributed by atoms with Gasteiger partial charge in [-0.1, -0.05) is 0 Å². The quantitative estimate of drug-likeness (QED) is 0.667. The Labute approximate surface area is 76.7 Å². The van der Waals surface area contributed by atoms with Crippen molar-refractivity contribution >= 4 is 5.91 Å². The molecule has 1 aromatic rings. The summed E-state index contributed by atoms with van der Waals surface area (Å²) in [4.78, 5) is 10.6. The SMILES string of the molecule is Cc1nn(C)cc1C(N)CC(N)=O. The molecule has 0 aliphatic rings. The van der Waals surface area contributed by atoms with Gasteiger partial charge in [-0.3, -0.25) is 9.48 Å². The minimum Gasteiger partial charge on any atom is -0.370 e. The molecule has 1 amide bonds. The van der Waals surface area contributed by atoms with Crippen molar-refractivity contribution in [3.63, 3.8) is 0 Å². The number of nitrogens with zero attached hydrogens (tertiary/aromatic N) is 2. The first-order valence-corrected chi connectivity index (χ1v) is 4.04. The Kier molecular flexibility index (Phi) is 2.67. The fraction of sp³-hybridized carbons (Fsp3) is 0.500. The summed E-state index contributed by atoms with van der Waals surface area (Å²) in [6.07, 6.45) is 1.97. The van der Waals surface area contributed by atoms with Crippen molar-refractivity contribution in [2.45, 2.75) is 19.4 Å². The van der Waals surface area contributed by atoms with Crippen molar-refractivity contribution in [1.29, 1.82) is 0 Å². The van der Waals surface area contributed by atoms with E-state index in [9.17, 15) is 4.79 Å². The largest absolute Gasteiger partial charge is 0.370 e. The van der Waals surface area contributed by atoms with Gasteiger partial charge in [0.05, 0.1) is 5.69 Å². The van der Waals surface area contributed by atoms with E-state index in [0.717, 1.165) is 11.3 Å². The summed E-state index contributed by atoms with van der Waals surface area (Å²) in [6.45, 7) is 1.86. The van der Waals surface area contributed by atoms with Crippen molar-refractivity contribution in [2.24, 2.45) is 18.5 Å². The number of aryl methyl sites for hydroxylation is 2. The summed E-state index contributed by atoms with van der Waals surface area (Å²) in [6, 6.07) is -0.341. The Balaban J connectivity index is 2.81. The van der Waals surface area contributed by atoms with Gasteiger partial charge >= 0.3 is 0 Å². The Morgan fingerprint density at radius 2 is 2.38 bits per heavy atom. The average Bonchev–Trinajstić information content (AvgIpc) is 2.28. The molecule has 0 saturated carbocycles. The third kappa shape index (κ3) is 2.29. The number of rotatable bonds is 3. The van der Waals surface area contributed by atoms with E-state index in [2.05, 4.69) is 5.10 Å². The van der Waals surface area contributed by atoms with E-state index in [4.69, 9.17) is 11.5 Å². The number of carbonyl (C=O) groups excluding carboxylic acids is 1. The van der Waals surface area contributed by atoms with Crippen LogP contribution in [-0.2, 0) is 11.8 Å². The summed E-state index contributed by atoms with van der Waals surface area (Å²) < 4.78 is 1.67. The molecule has 0 saturated heterocycles. The first kappa shape index (κ1) is 9.73. The lowest BCUT2D eigenvalue weighted by Gasteiger charge is -2.06.